The van der Waals surface area contributed by atoms with Crippen LogP contribution in [0.15, 0.2) is 212 Å². The molecule has 1 unspecified atom stereocenters. The van der Waals surface area contributed by atoms with Crippen molar-refractivity contribution in [2.75, 3.05) is 7.05 Å². The Morgan fingerprint density at radius 1 is 0.338 bits per heavy atom. The Hall–Kier alpha value is -8.68. The number of nitrogens with zero attached hydrogens (tertiary/aromatic N) is 7. The van der Waals surface area contributed by atoms with E-state index < -0.39 is 0 Å². The third kappa shape index (κ3) is 5.06. The second-order valence-electron chi connectivity index (χ2n) is 17.0. The summed E-state index contributed by atoms with van der Waals surface area (Å²) < 4.78 is 9.44. The fourth-order valence-electron chi connectivity index (χ4n) is 10.9. The molecule has 0 radical (unpaired) electrons. The fraction of sp³-hybridized carbons (Fsp3) is 0.0345. The van der Waals surface area contributed by atoms with Crippen LogP contribution in [-0.4, -0.2) is 40.2 Å². The molecule has 0 spiro atoms. The number of allylic oxidation sites excluding steroid dienone is 2. The van der Waals surface area contributed by atoms with Gasteiger partial charge < -0.3 is 4.90 Å². The van der Waals surface area contributed by atoms with Gasteiger partial charge in [-0.15, -0.1) is 0 Å². The number of benzene rings is 7. The van der Waals surface area contributed by atoms with Gasteiger partial charge in [0.15, 0.2) is 0 Å². The lowest BCUT2D eigenvalue weighted by atomic mass is 10.1. The Labute approximate surface area is 373 Å². The van der Waals surface area contributed by atoms with E-state index >= 15 is 0 Å². The monoisotopic (exact) mass is 833 g/mol. The third-order valence-electron chi connectivity index (χ3n) is 13.6. The van der Waals surface area contributed by atoms with Crippen LogP contribution in [0.4, 0.5) is 0 Å². The fourth-order valence-corrected chi connectivity index (χ4v) is 10.9. The first kappa shape index (κ1) is 35.9. The van der Waals surface area contributed by atoms with Crippen molar-refractivity contribution in [3.63, 3.8) is 0 Å². The molecule has 1 aliphatic rings. The summed E-state index contributed by atoms with van der Waals surface area (Å²) in [7, 11) is 2.20. The van der Waals surface area contributed by atoms with Gasteiger partial charge in [0.2, 0.25) is 0 Å². The smallest absolute Gasteiger partial charge is 0.140 e. The first-order chi connectivity index (χ1) is 32.2. The van der Waals surface area contributed by atoms with Crippen LogP contribution in [0.2, 0.25) is 0 Å². The molecule has 7 aromatic carbocycles. The van der Waals surface area contributed by atoms with Gasteiger partial charge in [-0.3, -0.25) is 18.3 Å². The number of para-hydroxylation sites is 6. The van der Waals surface area contributed by atoms with E-state index in [-0.39, 0.29) is 6.04 Å². The van der Waals surface area contributed by atoms with Crippen molar-refractivity contribution >= 4 is 93.0 Å². The highest BCUT2D eigenvalue weighted by Crippen LogP contribution is 2.44. The van der Waals surface area contributed by atoms with Crippen LogP contribution < -0.4 is 0 Å². The molecule has 0 N–H and O–H groups in total. The van der Waals surface area contributed by atoms with Crippen molar-refractivity contribution in [1.82, 2.24) is 33.1 Å². The van der Waals surface area contributed by atoms with Crippen LogP contribution in [0.3, 0.4) is 0 Å². The highest BCUT2D eigenvalue weighted by Gasteiger charge is 2.28. The minimum absolute atomic E-state index is 0.131. The third-order valence-corrected chi connectivity index (χ3v) is 13.6. The largest absolute Gasteiger partial charge is 0.349 e. The van der Waals surface area contributed by atoms with E-state index in [1.54, 1.807) is 0 Å². The van der Waals surface area contributed by atoms with Gasteiger partial charge >= 0.3 is 0 Å². The number of hydrogen-bond acceptors (Lipinski definition) is 3. The topological polar surface area (TPSA) is 48.7 Å². The van der Waals surface area contributed by atoms with Crippen LogP contribution >= 0.6 is 0 Å². The summed E-state index contributed by atoms with van der Waals surface area (Å²) >= 11 is 0. The Kier molecular flexibility index (Phi) is 7.54. The molecule has 0 saturated heterocycles. The molecule has 1 aliphatic heterocycles. The number of fused-ring (bicyclic) bond motifs is 13. The summed E-state index contributed by atoms with van der Waals surface area (Å²) in [5.41, 5.74) is 10.0. The van der Waals surface area contributed by atoms with Gasteiger partial charge in [0.1, 0.15) is 23.3 Å². The SMILES string of the molecule is CN1C(n2c3ccccc3c3ccc4c5ccccc5n(-c5cccc(-n6c7ccccc7c7ccccc76)n5)c4c32)=CC=CC1c1cccc(-n2c3ccccc3c3ccccc32)n1. The molecule has 7 heterocycles. The van der Waals surface area contributed by atoms with E-state index in [9.17, 15) is 0 Å². The average molecular weight is 834 g/mol. The van der Waals surface area contributed by atoms with Crippen molar-refractivity contribution in [1.29, 1.82) is 0 Å². The maximum atomic E-state index is 5.57. The number of hydrogen-bond donors (Lipinski definition) is 0. The number of pyridine rings is 2. The summed E-state index contributed by atoms with van der Waals surface area (Å²) in [6.45, 7) is 0. The maximum Gasteiger partial charge on any atom is 0.140 e. The zero-order valence-electron chi connectivity index (χ0n) is 35.4. The van der Waals surface area contributed by atoms with Crippen molar-refractivity contribution in [3.8, 4) is 17.5 Å². The molecule has 1 atom stereocenters. The van der Waals surface area contributed by atoms with Crippen molar-refractivity contribution in [3.05, 3.63) is 218 Å². The van der Waals surface area contributed by atoms with Gasteiger partial charge in [-0.2, -0.15) is 0 Å². The summed E-state index contributed by atoms with van der Waals surface area (Å²) in [5.74, 6) is 3.69. The molecule has 0 bridgehead atoms. The predicted octanol–water partition coefficient (Wildman–Crippen LogP) is 13.9. The lowest BCUT2D eigenvalue weighted by Gasteiger charge is -2.33. The molecule has 6 aromatic heterocycles. The van der Waals surface area contributed by atoms with Gasteiger partial charge in [0.05, 0.1) is 55.9 Å². The van der Waals surface area contributed by atoms with Crippen molar-refractivity contribution in [2.24, 2.45) is 0 Å². The predicted molar refractivity (Wildman–Crippen MR) is 268 cm³/mol. The van der Waals surface area contributed by atoms with Gasteiger partial charge in [-0.1, -0.05) is 146 Å². The summed E-state index contributed by atoms with van der Waals surface area (Å²) in [6.07, 6.45) is 6.69. The van der Waals surface area contributed by atoms with E-state index in [2.05, 4.69) is 243 Å². The van der Waals surface area contributed by atoms with E-state index in [4.69, 9.17) is 9.97 Å². The lowest BCUT2D eigenvalue weighted by molar-refractivity contribution is 0.388. The van der Waals surface area contributed by atoms with Crippen LogP contribution in [0.1, 0.15) is 11.7 Å². The molecule has 0 amide bonds. The molecular weight excluding hydrogens is 795 g/mol. The standard InChI is InChI=1S/C58H39N7/c1-61-52(45-23-14-31-53(59-45)62-46-24-8-2-17-37(46)38-18-3-9-25-47(38)62)30-15-34-56(61)65-51-29-13-7-22-42(51)44-36-35-43-41-21-6-12-28-50(41)64(57(43)58(44)65)55-33-16-32-54(60-55)63-48-26-10-4-19-39(48)40-20-5-11-27-49(40)63/h2-36,52H,1H3. The molecule has 7 heteroatoms. The molecule has 65 heavy (non-hydrogen) atoms. The maximum absolute atomic E-state index is 5.57. The average Bonchev–Trinajstić information content (AvgIpc) is 4.09. The molecule has 0 fully saturated rings. The zero-order valence-corrected chi connectivity index (χ0v) is 35.4. The van der Waals surface area contributed by atoms with Crippen LogP contribution in [0, 0.1) is 0 Å². The van der Waals surface area contributed by atoms with Gasteiger partial charge in [-0.25, -0.2) is 9.97 Å². The second kappa shape index (κ2) is 13.7. The highest BCUT2D eigenvalue weighted by atomic mass is 15.3. The first-order valence-electron chi connectivity index (χ1n) is 22.2. The quantitative estimate of drug-likeness (QED) is 0.174. The van der Waals surface area contributed by atoms with Crippen LogP contribution in [0.25, 0.3) is 110 Å². The Balaban J connectivity index is 0.977. The molecular formula is C58H39N7. The Morgan fingerprint density at radius 3 is 1.20 bits per heavy atom. The van der Waals surface area contributed by atoms with Crippen LogP contribution in [-0.2, 0) is 0 Å². The molecule has 13 aromatic rings. The Morgan fingerprint density at radius 2 is 0.708 bits per heavy atom. The zero-order chi connectivity index (χ0) is 42.8. The summed E-state index contributed by atoms with van der Waals surface area (Å²) in [6, 6.07) is 69.3. The Bertz CT molecular complexity index is 4070. The normalized spacial score (nSPS) is 14.4. The van der Waals surface area contributed by atoms with Crippen LogP contribution in [0.5, 0.6) is 0 Å². The van der Waals surface area contributed by atoms with Gasteiger partial charge in [0.25, 0.3) is 0 Å². The first-order valence-corrected chi connectivity index (χ1v) is 22.2. The molecule has 0 aliphatic carbocycles. The van der Waals surface area contributed by atoms with E-state index in [1.807, 2.05) is 0 Å². The lowest BCUT2D eigenvalue weighted by Crippen LogP contribution is -2.27. The molecule has 0 saturated carbocycles. The van der Waals surface area contributed by atoms with Crippen molar-refractivity contribution < 1.29 is 0 Å². The summed E-state index contributed by atoms with van der Waals surface area (Å²) in [5, 5.41) is 9.60. The van der Waals surface area contributed by atoms with Gasteiger partial charge in [0, 0.05) is 50.1 Å². The second-order valence-corrected chi connectivity index (χ2v) is 17.0. The molecule has 306 valence electrons. The number of rotatable bonds is 5. The minimum Gasteiger partial charge on any atom is -0.349 e. The van der Waals surface area contributed by atoms with E-state index in [1.165, 1.54) is 43.1 Å². The highest BCUT2D eigenvalue weighted by molar-refractivity contribution is 6.24. The number of aromatic nitrogens is 6. The van der Waals surface area contributed by atoms with Crippen molar-refractivity contribution in [2.45, 2.75) is 6.04 Å². The molecule has 7 nitrogen and oxygen atoms in total. The van der Waals surface area contributed by atoms with E-state index in [0.717, 1.165) is 73.1 Å². The summed E-state index contributed by atoms with van der Waals surface area (Å²) in [4.78, 5) is 13.4. The minimum atomic E-state index is -0.131. The molecule has 14 rings (SSSR count). The van der Waals surface area contributed by atoms with E-state index in [0.29, 0.717) is 0 Å². The van der Waals surface area contributed by atoms with Gasteiger partial charge in [-0.05, 0) is 66.7 Å². The number of likely N-dealkylation sites (N-methyl/N-ethyl adjacent to an activating group) is 1.